The highest BCUT2D eigenvalue weighted by molar-refractivity contribution is 8.18. The summed E-state index contributed by atoms with van der Waals surface area (Å²) in [4.78, 5) is 36.9. The molecule has 25 heavy (non-hydrogen) atoms. The van der Waals surface area contributed by atoms with Crippen LogP contribution in [0.2, 0.25) is 0 Å². The van der Waals surface area contributed by atoms with Gasteiger partial charge in [0.1, 0.15) is 0 Å². The van der Waals surface area contributed by atoms with Gasteiger partial charge < -0.3 is 0 Å². The van der Waals surface area contributed by atoms with Crippen molar-refractivity contribution in [1.82, 2.24) is 4.90 Å². The van der Waals surface area contributed by atoms with Crippen LogP contribution in [0.25, 0.3) is 6.08 Å². The zero-order valence-electron chi connectivity index (χ0n) is 14.1. The van der Waals surface area contributed by atoms with Crippen LogP contribution in [0.1, 0.15) is 44.6 Å². The summed E-state index contributed by atoms with van der Waals surface area (Å²) in [5, 5.41) is 10.5. The number of non-ortho nitro benzene ring substituents is 1. The molecule has 0 unspecified atom stereocenters. The first-order valence-corrected chi connectivity index (χ1v) is 9.19. The molecule has 3 rings (SSSR count). The number of nitrogens with zero attached hydrogens (tertiary/aromatic N) is 2. The first-order chi connectivity index (χ1) is 11.9. The van der Waals surface area contributed by atoms with E-state index in [2.05, 4.69) is 6.92 Å². The maximum absolute atomic E-state index is 12.6. The molecule has 0 spiro atoms. The fourth-order valence-corrected chi connectivity index (χ4v) is 4.26. The molecule has 1 aromatic carbocycles. The van der Waals surface area contributed by atoms with Crippen LogP contribution in [-0.2, 0) is 4.79 Å². The highest BCUT2D eigenvalue weighted by Gasteiger charge is 2.40. The molecule has 1 saturated carbocycles. The molecule has 1 aliphatic carbocycles. The fourth-order valence-electron chi connectivity index (χ4n) is 3.43. The van der Waals surface area contributed by atoms with E-state index in [0.29, 0.717) is 17.0 Å². The Labute approximate surface area is 150 Å². The lowest BCUT2D eigenvalue weighted by atomic mass is 9.75. The van der Waals surface area contributed by atoms with Crippen molar-refractivity contribution in [3.63, 3.8) is 0 Å². The second-order valence-electron chi connectivity index (χ2n) is 6.99. The second kappa shape index (κ2) is 7.00. The first kappa shape index (κ1) is 17.7. The minimum absolute atomic E-state index is 0.00419. The molecule has 0 atom stereocenters. The lowest BCUT2D eigenvalue weighted by Crippen LogP contribution is -2.39. The van der Waals surface area contributed by atoms with Crippen molar-refractivity contribution in [2.45, 2.75) is 39.0 Å². The first-order valence-electron chi connectivity index (χ1n) is 8.38. The van der Waals surface area contributed by atoms with E-state index in [1.54, 1.807) is 18.2 Å². The molecule has 1 aromatic rings. The van der Waals surface area contributed by atoms with Crippen LogP contribution in [0.3, 0.4) is 0 Å². The molecule has 1 aliphatic heterocycles. The highest BCUT2D eigenvalue weighted by atomic mass is 32.2. The maximum Gasteiger partial charge on any atom is 0.293 e. The molecular formula is C18H20N2O4S. The molecule has 6 nitrogen and oxygen atoms in total. The molecule has 1 heterocycles. The molecule has 2 aliphatic rings. The number of carbonyl (C=O) groups is 2. The monoisotopic (exact) mass is 360 g/mol. The quantitative estimate of drug-likeness (QED) is 0.445. The van der Waals surface area contributed by atoms with E-state index < -0.39 is 4.92 Å². The van der Waals surface area contributed by atoms with E-state index in [1.165, 1.54) is 23.5 Å². The summed E-state index contributed by atoms with van der Waals surface area (Å²) in [5.41, 5.74) is 0.669. The third-order valence-corrected chi connectivity index (χ3v) is 5.78. The number of nitro benzene ring substituents is 1. The number of imide groups is 1. The summed E-state index contributed by atoms with van der Waals surface area (Å²) in [6.45, 7) is 2.62. The average molecular weight is 360 g/mol. The Hall–Kier alpha value is -2.15. The summed E-state index contributed by atoms with van der Waals surface area (Å²) >= 11 is 0.939. The third-order valence-electron chi connectivity index (χ3n) is 4.88. The summed E-state index contributed by atoms with van der Waals surface area (Å²) < 4.78 is 0. The van der Waals surface area contributed by atoms with Gasteiger partial charge in [-0.1, -0.05) is 26.2 Å². The molecule has 0 radical (unpaired) electrons. The SMILES string of the molecule is CC1(CN2C(=O)S/C(=C\c3ccc([N+](=O)[O-])cc3)C2=O)CCCCC1. The predicted molar refractivity (Wildman–Crippen MR) is 97.0 cm³/mol. The van der Waals surface area contributed by atoms with Gasteiger partial charge >= 0.3 is 0 Å². The van der Waals surface area contributed by atoms with Gasteiger partial charge in [-0.05, 0) is 53.8 Å². The fraction of sp³-hybridized carbons (Fsp3) is 0.444. The lowest BCUT2D eigenvalue weighted by molar-refractivity contribution is -0.384. The molecule has 2 amide bonds. The number of amides is 2. The molecule has 0 aromatic heterocycles. The Bertz CT molecular complexity index is 736. The predicted octanol–water partition coefficient (Wildman–Crippen LogP) is 4.60. The minimum atomic E-state index is -0.470. The lowest BCUT2D eigenvalue weighted by Gasteiger charge is -2.35. The van der Waals surface area contributed by atoms with Gasteiger partial charge in [-0.15, -0.1) is 0 Å². The second-order valence-corrected chi connectivity index (χ2v) is 7.98. The van der Waals surface area contributed by atoms with Gasteiger partial charge in [-0.3, -0.25) is 24.6 Å². The van der Waals surface area contributed by atoms with Crippen LogP contribution >= 0.6 is 11.8 Å². The molecule has 2 fully saturated rings. The number of hydrogen-bond acceptors (Lipinski definition) is 5. The number of nitro groups is 1. The van der Waals surface area contributed by atoms with Gasteiger partial charge in [0.15, 0.2) is 0 Å². The average Bonchev–Trinajstić information content (AvgIpc) is 2.83. The zero-order valence-corrected chi connectivity index (χ0v) is 14.9. The van der Waals surface area contributed by atoms with Crippen molar-refractivity contribution in [1.29, 1.82) is 0 Å². The topological polar surface area (TPSA) is 80.5 Å². The van der Waals surface area contributed by atoms with Gasteiger partial charge in [0, 0.05) is 18.7 Å². The Morgan fingerprint density at radius 3 is 2.44 bits per heavy atom. The molecular weight excluding hydrogens is 340 g/mol. The van der Waals surface area contributed by atoms with Crippen LogP contribution in [0.15, 0.2) is 29.2 Å². The molecule has 1 saturated heterocycles. The molecule has 0 N–H and O–H groups in total. The summed E-state index contributed by atoms with van der Waals surface area (Å²) in [5.74, 6) is -0.264. The number of hydrogen-bond donors (Lipinski definition) is 0. The summed E-state index contributed by atoms with van der Waals surface area (Å²) in [7, 11) is 0. The molecule has 0 bridgehead atoms. The van der Waals surface area contributed by atoms with Crippen LogP contribution in [0.4, 0.5) is 10.5 Å². The Balaban J connectivity index is 1.75. The Morgan fingerprint density at radius 2 is 1.84 bits per heavy atom. The number of rotatable bonds is 4. The third kappa shape index (κ3) is 3.92. The van der Waals surface area contributed by atoms with Crippen LogP contribution < -0.4 is 0 Å². The van der Waals surface area contributed by atoms with Gasteiger partial charge in [0.05, 0.1) is 9.83 Å². The van der Waals surface area contributed by atoms with Crippen molar-refractivity contribution in [2.75, 3.05) is 6.54 Å². The van der Waals surface area contributed by atoms with Crippen molar-refractivity contribution < 1.29 is 14.5 Å². The van der Waals surface area contributed by atoms with Crippen LogP contribution in [-0.4, -0.2) is 27.5 Å². The van der Waals surface area contributed by atoms with Crippen LogP contribution in [0, 0.1) is 15.5 Å². The van der Waals surface area contributed by atoms with Crippen molar-refractivity contribution in [3.05, 3.63) is 44.8 Å². The van der Waals surface area contributed by atoms with Gasteiger partial charge in [-0.25, -0.2) is 0 Å². The normalized spacial score (nSPS) is 21.8. The highest BCUT2D eigenvalue weighted by Crippen LogP contribution is 2.40. The van der Waals surface area contributed by atoms with Gasteiger partial charge in [-0.2, -0.15) is 0 Å². The van der Waals surface area contributed by atoms with Crippen molar-refractivity contribution in [3.8, 4) is 0 Å². The van der Waals surface area contributed by atoms with E-state index in [-0.39, 0.29) is 22.2 Å². The van der Waals surface area contributed by atoms with E-state index in [1.807, 2.05) is 0 Å². The van der Waals surface area contributed by atoms with Gasteiger partial charge in [0.2, 0.25) is 0 Å². The number of benzene rings is 1. The minimum Gasteiger partial charge on any atom is -0.268 e. The smallest absolute Gasteiger partial charge is 0.268 e. The Kier molecular flexibility index (Phi) is 4.94. The van der Waals surface area contributed by atoms with Crippen molar-refractivity contribution >= 4 is 34.7 Å². The van der Waals surface area contributed by atoms with Crippen molar-refractivity contribution in [2.24, 2.45) is 5.41 Å². The molecule has 7 heteroatoms. The van der Waals surface area contributed by atoms with Crippen LogP contribution in [0.5, 0.6) is 0 Å². The number of thioether (sulfide) groups is 1. The largest absolute Gasteiger partial charge is 0.293 e. The Morgan fingerprint density at radius 1 is 1.20 bits per heavy atom. The van der Waals surface area contributed by atoms with E-state index in [0.717, 1.165) is 37.4 Å². The van der Waals surface area contributed by atoms with E-state index in [4.69, 9.17) is 0 Å². The van der Waals surface area contributed by atoms with Gasteiger partial charge in [0.25, 0.3) is 16.8 Å². The summed E-state index contributed by atoms with van der Waals surface area (Å²) in [6.07, 6.45) is 7.21. The van der Waals surface area contributed by atoms with E-state index in [9.17, 15) is 19.7 Å². The zero-order chi connectivity index (χ0) is 18.0. The maximum atomic E-state index is 12.6. The summed E-state index contributed by atoms with van der Waals surface area (Å²) in [6, 6.07) is 5.93. The number of carbonyl (C=O) groups excluding carboxylic acids is 2. The van der Waals surface area contributed by atoms with E-state index >= 15 is 0 Å². The standard InChI is InChI=1S/C18H20N2O4S/c1-18(9-3-2-4-10-18)12-19-16(21)15(25-17(19)22)11-13-5-7-14(8-6-13)20(23)24/h5-8,11H,2-4,9-10,12H2,1H3/b15-11-. The molecule has 132 valence electrons.